The van der Waals surface area contributed by atoms with Gasteiger partial charge in [0.25, 0.3) is 0 Å². The summed E-state index contributed by atoms with van der Waals surface area (Å²) >= 11 is 5.70. The maximum Gasteiger partial charge on any atom is 0.119 e. The topological polar surface area (TPSA) is 27.1 Å². The fourth-order valence-electron chi connectivity index (χ4n) is 1.31. The lowest BCUT2D eigenvalue weighted by Gasteiger charge is -2.02. The first kappa shape index (κ1) is 10.1. The third kappa shape index (κ3) is 2.13. The summed E-state index contributed by atoms with van der Waals surface area (Å²) in [5, 5.41) is 4.20. The highest BCUT2D eigenvalue weighted by Gasteiger charge is 1.99. The number of rotatable bonds is 3. The van der Waals surface area contributed by atoms with Crippen LogP contribution in [0.25, 0.3) is 5.69 Å². The summed E-state index contributed by atoms with van der Waals surface area (Å²) < 4.78 is 6.87. The number of alkyl halides is 1. The van der Waals surface area contributed by atoms with Gasteiger partial charge >= 0.3 is 0 Å². The van der Waals surface area contributed by atoms with Gasteiger partial charge in [0.15, 0.2) is 0 Å². The van der Waals surface area contributed by atoms with E-state index in [1.165, 1.54) is 0 Å². The van der Waals surface area contributed by atoms with E-state index in [0.717, 1.165) is 17.0 Å². The predicted molar refractivity (Wildman–Crippen MR) is 59.7 cm³/mol. The van der Waals surface area contributed by atoms with Crippen LogP contribution in [0.15, 0.2) is 36.7 Å². The minimum atomic E-state index is 0.482. The van der Waals surface area contributed by atoms with Crippen LogP contribution in [0, 0.1) is 0 Å². The molecule has 0 saturated heterocycles. The number of hydrogen-bond donors (Lipinski definition) is 0. The Morgan fingerprint density at radius 1 is 1.33 bits per heavy atom. The normalized spacial score (nSPS) is 10.3. The molecule has 1 heterocycles. The van der Waals surface area contributed by atoms with Crippen molar-refractivity contribution >= 4 is 11.6 Å². The largest absolute Gasteiger partial charge is 0.497 e. The van der Waals surface area contributed by atoms with E-state index in [-0.39, 0.29) is 0 Å². The molecule has 0 atom stereocenters. The highest BCUT2D eigenvalue weighted by molar-refractivity contribution is 6.17. The van der Waals surface area contributed by atoms with Crippen molar-refractivity contribution in [2.45, 2.75) is 5.88 Å². The standard InChI is InChI=1S/C11H11ClN2O/c1-15-11-4-2-10(3-5-11)14-8-9(6-12)7-13-14/h2-5,7-8H,6H2,1H3. The van der Waals surface area contributed by atoms with E-state index in [4.69, 9.17) is 16.3 Å². The van der Waals surface area contributed by atoms with Gasteiger partial charge in [0, 0.05) is 11.8 Å². The van der Waals surface area contributed by atoms with Crippen molar-refractivity contribution in [3.8, 4) is 11.4 Å². The minimum Gasteiger partial charge on any atom is -0.497 e. The van der Waals surface area contributed by atoms with E-state index in [9.17, 15) is 0 Å². The van der Waals surface area contributed by atoms with Crippen LogP contribution in [0.1, 0.15) is 5.56 Å². The summed E-state index contributed by atoms with van der Waals surface area (Å²) in [6.45, 7) is 0. The van der Waals surface area contributed by atoms with Crippen LogP contribution in [-0.4, -0.2) is 16.9 Å². The van der Waals surface area contributed by atoms with Gasteiger partial charge in [-0.3, -0.25) is 0 Å². The lowest BCUT2D eigenvalue weighted by molar-refractivity contribution is 0.414. The maximum atomic E-state index is 5.70. The molecule has 0 radical (unpaired) electrons. The smallest absolute Gasteiger partial charge is 0.119 e. The molecule has 1 aromatic heterocycles. The Bertz CT molecular complexity index is 436. The van der Waals surface area contributed by atoms with Gasteiger partial charge in [0.05, 0.1) is 24.9 Å². The van der Waals surface area contributed by atoms with Crippen molar-refractivity contribution < 1.29 is 4.74 Å². The number of hydrogen-bond acceptors (Lipinski definition) is 2. The van der Waals surface area contributed by atoms with Gasteiger partial charge in [-0.05, 0) is 24.3 Å². The van der Waals surface area contributed by atoms with Gasteiger partial charge in [-0.1, -0.05) is 0 Å². The minimum absolute atomic E-state index is 0.482. The molecule has 2 rings (SSSR count). The monoisotopic (exact) mass is 222 g/mol. The molecule has 0 fully saturated rings. The van der Waals surface area contributed by atoms with Gasteiger partial charge < -0.3 is 4.74 Å². The summed E-state index contributed by atoms with van der Waals surface area (Å²) in [5.41, 5.74) is 2.00. The van der Waals surface area contributed by atoms with Crippen molar-refractivity contribution in [3.63, 3.8) is 0 Å². The average molecular weight is 223 g/mol. The second-order valence-corrected chi connectivity index (χ2v) is 3.39. The number of benzene rings is 1. The fourth-order valence-corrected chi connectivity index (χ4v) is 1.44. The highest BCUT2D eigenvalue weighted by atomic mass is 35.5. The lowest BCUT2D eigenvalue weighted by Crippen LogP contribution is -1.93. The van der Waals surface area contributed by atoms with Crippen LogP contribution < -0.4 is 4.74 Å². The molecule has 2 aromatic rings. The summed E-state index contributed by atoms with van der Waals surface area (Å²) in [6, 6.07) is 7.70. The van der Waals surface area contributed by atoms with Crippen molar-refractivity contribution in [3.05, 3.63) is 42.2 Å². The fraction of sp³-hybridized carbons (Fsp3) is 0.182. The molecule has 78 valence electrons. The van der Waals surface area contributed by atoms with Crippen molar-refractivity contribution in [1.29, 1.82) is 0 Å². The Hall–Kier alpha value is -1.48. The van der Waals surface area contributed by atoms with Gasteiger partial charge in [0.1, 0.15) is 5.75 Å². The first-order chi connectivity index (χ1) is 7.33. The second-order valence-electron chi connectivity index (χ2n) is 3.12. The molecule has 1 aromatic carbocycles. The Labute approximate surface area is 93.2 Å². The quantitative estimate of drug-likeness (QED) is 0.747. The molecule has 0 bridgehead atoms. The SMILES string of the molecule is COc1ccc(-n2cc(CCl)cn2)cc1. The average Bonchev–Trinajstić information content (AvgIpc) is 2.78. The zero-order valence-corrected chi connectivity index (χ0v) is 9.11. The van der Waals surface area contributed by atoms with Crippen LogP contribution in [0.5, 0.6) is 5.75 Å². The van der Waals surface area contributed by atoms with Crippen LogP contribution in [-0.2, 0) is 5.88 Å². The van der Waals surface area contributed by atoms with Gasteiger partial charge in [-0.25, -0.2) is 4.68 Å². The molecular weight excluding hydrogens is 212 g/mol. The van der Waals surface area contributed by atoms with E-state index in [2.05, 4.69) is 5.10 Å². The summed E-state index contributed by atoms with van der Waals surface area (Å²) in [6.07, 6.45) is 3.67. The number of ether oxygens (including phenoxy) is 1. The number of nitrogens with zero attached hydrogens (tertiary/aromatic N) is 2. The molecule has 4 heteroatoms. The van der Waals surface area contributed by atoms with E-state index in [0.29, 0.717) is 5.88 Å². The molecule has 0 aliphatic heterocycles. The van der Waals surface area contributed by atoms with Gasteiger partial charge in [-0.15, -0.1) is 11.6 Å². The third-order valence-corrected chi connectivity index (χ3v) is 2.44. The molecule has 0 amide bonds. The molecule has 0 N–H and O–H groups in total. The maximum absolute atomic E-state index is 5.70. The number of methoxy groups -OCH3 is 1. The molecule has 3 nitrogen and oxygen atoms in total. The summed E-state index contributed by atoms with van der Waals surface area (Å²) in [5.74, 6) is 1.32. The van der Waals surface area contributed by atoms with Crippen molar-refractivity contribution in [2.24, 2.45) is 0 Å². The first-order valence-corrected chi connectivity index (χ1v) is 5.11. The molecule has 15 heavy (non-hydrogen) atoms. The molecule has 0 unspecified atom stereocenters. The third-order valence-electron chi connectivity index (χ3n) is 2.13. The predicted octanol–water partition coefficient (Wildman–Crippen LogP) is 2.62. The van der Waals surface area contributed by atoms with Crippen LogP contribution in [0.4, 0.5) is 0 Å². The molecule has 0 aliphatic rings. The van der Waals surface area contributed by atoms with Crippen molar-refractivity contribution in [1.82, 2.24) is 9.78 Å². The van der Waals surface area contributed by atoms with E-state index in [1.54, 1.807) is 18.0 Å². The summed E-state index contributed by atoms with van der Waals surface area (Å²) in [4.78, 5) is 0. The Morgan fingerprint density at radius 3 is 2.60 bits per heavy atom. The molecule has 0 spiro atoms. The van der Waals surface area contributed by atoms with E-state index < -0.39 is 0 Å². The van der Waals surface area contributed by atoms with Crippen LogP contribution in [0.3, 0.4) is 0 Å². The Morgan fingerprint density at radius 2 is 2.07 bits per heavy atom. The lowest BCUT2D eigenvalue weighted by atomic mass is 10.3. The highest BCUT2D eigenvalue weighted by Crippen LogP contribution is 2.15. The zero-order valence-electron chi connectivity index (χ0n) is 8.35. The van der Waals surface area contributed by atoms with E-state index in [1.807, 2.05) is 30.5 Å². The second kappa shape index (κ2) is 4.36. The van der Waals surface area contributed by atoms with Crippen LogP contribution >= 0.6 is 11.6 Å². The zero-order chi connectivity index (χ0) is 10.7. The molecule has 0 saturated carbocycles. The van der Waals surface area contributed by atoms with Gasteiger partial charge in [0.2, 0.25) is 0 Å². The van der Waals surface area contributed by atoms with Crippen molar-refractivity contribution in [2.75, 3.05) is 7.11 Å². The summed E-state index contributed by atoms with van der Waals surface area (Å²) in [7, 11) is 1.65. The first-order valence-electron chi connectivity index (χ1n) is 4.57. The Kier molecular flexibility index (Phi) is 2.92. The van der Waals surface area contributed by atoms with Gasteiger partial charge in [-0.2, -0.15) is 5.10 Å². The number of halogens is 1. The van der Waals surface area contributed by atoms with E-state index >= 15 is 0 Å². The Balaban J connectivity index is 2.28. The molecular formula is C11H11ClN2O. The van der Waals surface area contributed by atoms with Crippen LogP contribution in [0.2, 0.25) is 0 Å². The number of aromatic nitrogens is 2. The molecule has 0 aliphatic carbocycles.